The highest BCUT2D eigenvalue weighted by atomic mass is 19.4. The average Bonchev–Trinajstić information content (AvgIpc) is 3.31. The molecule has 0 radical (unpaired) electrons. The Morgan fingerprint density at radius 2 is 1.96 bits per heavy atom. The third kappa shape index (κ3) is 3.97. The Labute approximate surface area is 130 Å². The Balaban J connectivity index is 1.69. The number of nitrogens with one attached hydrogen (secondary N) is 2. The number of alkyl halides is 3. The smallest absolute Gasteiger partial charge is 0.348 e. The summed E-state index contributed by atoms with van der Waals surface area (Å²) in [4.78, 5) is 19.7. The Bertz CT molecular complexity index is 711. The molecule has 1 saturated carbocycles. The lowest BCUT2D eigenvalue weighted by atomic mass is 10.2. The zero-order valence-corrected chi connectivity index (χ0v) is 11.9. The first-order valence-electron chi connectivity index (χ1n) is 6.99. The number of amides is 1. The number of benzene rings is 1. The van der Waals surface area contributed by atoms with E-state index in [0.717, 1.165) is 25.0 Å². The van der Waals surface area contributed by atoms with Crippen molar-refractivity contribution in [1.29, 1.82) is 0 Å². The van der Waals surface area contributed by atoms with Crippen LogP contribution < -0.4 is 10.6 Å². The molecule has 8 heteroatoms. The van der Waals surface area contributed by atoms with Crippen LogP contribution in [0.25, 0.3) is 0 Å². The predicted octanol–water partition coefficient (Wildman–Crippen LogP) is 3.13. The Morgan fingerprint density at radius 1 is 1.17 bits per heavy atom. The van der Waals surface area contributed by atoms with E-state index < -0.39 is 11.7 Å². The molecule has 1 heterocycles. The monoisotopic (exact) mass is 322 g/mol. The summed E-state index contributed by atoms with van der Waals surface area (Å²) < 4.78 is 38.0. The Kier molecular flexibility index (Phi) is 3.89. The van der Waals surface area contributed by atoms with Gasteiger partial charge in [0, 0.05) is 11.7 Å². The van der Waals surface area contributed by atoms with Gasteiger partial charge in [0.25, 0.3) is 5.91 Å². The van der Waals surface area contributed by atoms with Crippen LogP contribution in [-0.4, -0.2) is 21.9 Å². The molecule has 0 atom stereocenters. The van der Waals surface area contributed by atoms with Crippen LogP contribution in [0.3, 0.4) is 0 Å². The van der Waals surface area contributed by atoms with Gasteiger partial charge in [-0.1, -0.05) is 6.07 Å². The number of carbonyl (C=O) groups is 1. The molecule has 0 saturated heterocycles. The molecule has 1 aliphatic rings. The van der Waals surface area contributed by atoms with Crippen molar-refractivity contribution in [2.45, 2.75) is 25.1 Å². The van der Waals surface area contributed by atoms with Gasteiger partial charge in [0.1, 0.15) is 11.5 Å². The number of rotatable bonds is 4. The molecule has 2 N–H and O–H groups in total. The van der Waals surface area contributed by atoms with E-state index >= 15 is 0 Å². The van der Waals surface area contributed by atoms with Crippen molar-refractivity contribution in [3.8, 4) is 0 Å². The normalized spacial score (nSPS) is 14.4. The second kappa shape index (κ2) is 5.86. The summed E-state index contributed by atoms with van der Waals surface area (Å²) >= 11 is 0. The number of hydrogen-bond acceptors (Lipinski definition) is 4. The molecule has 1 aromatic carbocycles. The van der Waals surface area contributed by atoms with Crippen LogP contribution in [0.15, 0.2) is 36.7 Å². The molecule has 5 nitrogen and oxygen atoms in total. The highest BCUT2D eigenvalue weighted by Crippen LogP contribution is 2.31. The summed E-state index contributed by atoms with van der Waals surface area (Å²) in [5, 5.41) is 5.51. The first-order valence-corrected chi connectivity index (χ1v) is 6.99. The molecule has 0 bridgehead atoms. The van der Waals surface area contributed by atoms with Gasteiger partial charge >= 0.3 is 6.18 Å². The van der Waals surface area contributed by atoms with E-state index in [9.17, 15) is 18.0 Å². The van der Waals surface area contributed by atoms with Crippen LogP contribution in [0.1, 0.15) is 28.9 Å². The van der Waals surface area contributed by atoms with Crippen LogP contribution in [0.4, 0.5) is 24.7 Å². The van der Waals surface area contributed by atoms with Crippen LogP contribution in [0.5, 0.6) is 0 Å². The number of hydrogen-bond donors (Lipinski definition) is 2. The molecule has 23 heavy (non-hydrogen) atoms. The van der Waals surface area contributed by atoms with E-state index in [0.29, 0.717) is 0 Å². The molecule has 3 rings (SSSR count). The van der Waals surface area contributed by atoms with E-state index in [4.69, 9.17) is 0 Å². The molecule has 0 unspecified atom stereocenters. The van der Waals surface area contributed by atoms with Crippen molar-refractivity contribution >= 4 is 17.4 Å². The van der Waals surface area contributed by atoms with Crippen LogP contribution in [-0.2, 0) is 6.18 Å². The van der Waals surface area contributed by atoms with Gasteiger partial charge in [-0.2, -0.15) is 13.2 Å². The fraction of sp³-hybridized carbons (Fsp3) is 0.267. The second-order valence-corrected chi connectivity index (χ2v) is 5.24. The van der Waals surface area contributed by atoms with Crippen molar-refractivity contribution in [3.63, 3.8) is 0 Å². The SMILES string of the molecule is O=C(NC1CC1)c1cnc(Nc2cccc(C(F)(F)F)c2)cn1. The largest absolute Gasteiger partial charge is 0.416 e. The van der Waals surface area contributed by atoms with Gasteiger partial charge in [-0.3, -0.25) is 4.79 Å². The van der Waals surface area contributed by atoms with E-state index in [1.165, 1.54) is 24.5 Å². The van der Waals surface area contributed by atoms with Gasteiger partial charge < -0.3 is 10.6 Å². The zero-order valence-electron chi connectivity index (χ0n) is 11.9. The Morgan fingerprint density at radius 3 is 2.57 bits per heavy atom. The molecule has 1 amide bonds. The van der Waals surface area contributed by atoms with Gasteiger partial charge in [-0.25, -0.2) is 9.97 Å². The van der Waals surface area contributed by atoms with Crippen molar-refractivity contribution in [2.24, 2.45) is 0 Å². The average molecular weight is 322 g/mol. The number of carbonyl (C=O) groups excluding carboxylic acids is 1. The van der Waals surface area contributed by atoms with Crippen molar-refractivity contribution in [3.05, 3.63) is 47.9 Å². The molecular formula is C15H13F3N4O. The molecule has 1 fully saturated rings. The van der Waals surface area contributed by atoms with Gasteiger partial charge in [0.2, 0.25) is 0 Å². The lowest BCUT2D eigenvalue weighted by Crippen LogP contribution is -2.26. The number of aromatic nitrogens is 2. The summed E-state index contributed by atoms with van der Waals surface area (Å²) in [6.45, 7) is 0. The van der Waals surface area contributed by atoms with Crippen molar-refractivity contribution in [2.75, 3.05) is 5.32 Å². The van der Waals surface area contributed by atoms with Crippen LogP contribution in [0, 0.1) is 0 Å². The maximum absolute atomic E-state index is 12.7. The predicted molar refractivity (Wildman–Crippen MR) is 77.2 cm³/mol. The fourth-order valence-electron chi connectivity index (χ4n) is 1.92. The van der Waals surface area contributed by atoms with E-state index in [2.05, 4.69) is 20.6 Å². The lowest BCUT2D eigenvalue weighted by Gasteiger charge is -2.10. The van der Waals surface area contributed by atoms with Crippen LogP contribution in [0.2, 0.25) is 0 Å². The molecule has 1 aromatic heterocycles. The first-order chi connectivity index (χ1) is 10.9. The third-order valence-corrected chi connectivity index (χ3v) is 3.26. The lowest BCUT2D eigenvalue weighted by molar-refractivity contribution is -0.137. The molecule has 120 valence electrons. The standard InChI is InChI=1S/C15H13F3N4O/c16-15(17,18)9-2-1-3-11(6-9)21-13-8-19-12(7-20-13)14(23)22-10-4-5-10/h1-3,6-8,10H,4-5H2,(H,20,21)(H,22,23). The summed E-state index contributed by atoms with van der Waals surface area (Å²) in [5.74, 6) is -0.0436. The van der Waals surface area contributed by atoms with E-state index in [1.54, 1.807) is 0 Å². The van der Waals surface area contributed by atoms with E-state index in [-0.39, 0.29) is 29.1 Å². The topological polar surface area (TPSA) is 66.9 Å². The van der Waals surface area contributed by atoms with Gasteiger partial charge in [-0.15, -0.1) is 0 Å². The summed E-state index contributed by atoms with van der Waals surface area (Å²) in [5.41, 5.74) is -0.341. The fourth-order valence-corrected chi connectivity index (χ4v) is 1.92. The first kappa shape index (κ1) is 15.3. The maximum Gasteiger partial charge on any atom is 0.416 e. The second-order valence-electron chi connectivity index (χ2n) is 5.24. The van der Waals surface area contributed by atoms with Gasteiger partial charge in [0.15, 0.2) is 0 Å². The maximum atomic E-state index is 12.7. The molecule has 0 aliphatic heterocycles. The zero-order chi connectivity index (χ0) is 16.4. The molecule has 1 aliphatic carbocycles. The quantitative estimate of drug-likeness (QED) is 0.907. The number of anilines is 2. The van der Waals surface area contributed by atoms with Crippen molar-refractivity contribution < 1.29 is 18.0 Å². The molecule has 0 spiro atoms. The Hall–Kier alpha value is -2.64. The van der Waals surface area contributed by atoms with Crippen molar-refractivity contribution in [1.82, 2.24) is 15.3 Å². The summed E-state index contributed by atoms with van der Waals surface area (Å²) in [6.07, 6.45) is 0.118. The molecule has 2 aromatic rings. The minimum absolute atomic E-state index is 0.173. The van der Waals surface area contributed by atoms with Crippen LogP contribution >= 0.6 is 0 Å². The number of halogens is 3. The number of nitrogens with zero attached hydrogens (tertiary/aromatic N) is 2. The van der Waals surface area contributed by atoms with Gasteiger partial charge in [0.05, 0.1) is 18.0 Å². The highest BCUT2D eigenvalue weighted by molar-refractivity contribution is 5.92. The highest BCUT2D eigenvalue weighted by Gasteiger charge is 2.30. The minimum atomic E-state index is -4.41. The summed E-state index contributed by atoms with van der Waals surface area (Å²) in [7, 11) is 0. The summed E-state index contributed by atoms with van der Waals surface area (Å²) in [6, 6.07) is 4.98. The third-order valence-electron chi connectivity index (χ3n) is 3.26. The molecular weight excluding hydrogens is 309 g/mol. The van der Waals surface area contributed by atoms with Gasteiger partial charge in [-0.05, 0) is 31.0 Å². The van der Waals surface area contributed by atoms with E-state index in [1.807, 2.05) is 0 Å². The minimum Gasteiger partial charge on any atom is -0.348 e.